The highest BCUT2D eigenvalue weighted by Gasteiger charge is 2.34. The smallest absolute Gasteiger partial charge is 0.388 e. The first-order chi connectivity index (χ1) is 16.7. The van der Waals surface area contributed by atoms with Crippen molar-refractivity contribution in [3.05, 3.63) is 88.0 Å². The molecule has 0 radical (unpaired) electrons. The van der Waals surface area contributed by atoms with Crippen LogP contribution in [0.5, 0.6) is 0 Å². The second-order valence-corrected chi connectivity index (χ2v) is 10.1. The number of hydrogen-bond acceptors (Lipinski definition) is 2. The lowest BCUT2D eigenvalue weighted by molar-refractivity contribution is -0.137. The Bertz CT molecular complexity index is 1200. The van der Waals surface area contributed by atoms with Crippen molar-refractivity contribution in [2.45, 2.75) is 70.1 Å². The molecule has 1 aromatic heterocycles. The Morgan fingerprint density at radius 2 is 1.63 bits per heavy atom. The minimum Gasteiger partial charge on any atom is -0.388 e. The van der Waals surface area contributed by atoms with E-state index >= 15 is 0 Å². The molecule has 0 bridgehead atoms. The van der Waals surface area contributed by atoms with E-state index in [0.717, 1.165) is 83.4 Å². The summed E-state index contributed by atoms with van der Waals surface area (Å²) in [6.45, 7) is 2.11. The fourth-order valence-corrected chi connectivity index (χ4v) is 5.81. The maximum absolute atomic E-state index is 13.8. The molecule has 6 heteroatoms. The van der Waals surface area contributed by atoms with E-state index < -0.39 is 17.8 Å². The fourth-order valence-electron chi connectivity index (χ4n) is 5.81. The van der Waals surface area contributed by atoms with Gasteiger partial charge in [0.15, 0.2) is 0 Å². The lowest BCUT2D eigenvalue weighted by atomic mass is 9.78. The van der Waals surface area contributed by atoms with E-state index in [2.05, 4.69) is 6.92 Å². The molecule has 1 fully saturated rings. The molecular formula is C29H29F4NO. The summed E-state index contributed by atoms with van der Waals surface area (Å²) >= 11 is 0. The lowest BCUT2D eigenvalue weighted by Crippen LogP contribution is -2.22. The summed E-state index contributed by atoms with van der Waals surface area (Å²) in [5.41, 5.74) is 5.37. The quantitative estimate of drug-likeness (QED) is 0.385. The molecule has 184 valence electrons. The minimum atomic E-state index is -4.39. The third kappa shape index (κ3) is 4.86. The molecule has 2 unspecified atom stereocenters. The number of hydrogen-bond donors (Lipinski definition) is 1. The molecule has 2 aromatic carbocycles. The summed E-state index contributed by atoms with van der Waals surface area (Å²) in [6, 6.07) is 11.6. The number of alkyl halides is 3. The molecule has 35 heavy (non-hydrogen) atoms. The van der Waals surface area contributed by atoms with Gasteiger partial charge in [-0.05, 0) is 84.5 Å². The number of halogens is 4. The summed E-state index contributed by atoms with van der Waals surface area (Å²) < 4.78 is 53.2. The van der Waals surface area contributed by atoms with Crippen molar-refractivity contribution in [3.63, 3.8) is 0 Å². The van der Waals surface area contributed by atoms with Gasteiger partial charge in [0.05, 0.1) is 11.7 Å². The second kappa shape index (κ2) is 9.38. The number of aromatic nitrogens is 1. The Hall–Kier alpha value is -2.73. The Balaban J connectivity index is 1.71. The summed E-state index contributed by atoms with van der Waals surface area (Å²) in [7, 11) is 0. The van der Waals surface area contributed by atoms with Crippen LogP contribution in [0, 0.1) is 11.7 Å². The Morgan fingerprint density at radius 1 is 0.971 bits per heavy atom. The van der Waals surface area contributed by atoms with Gasteiger partial charge in [-0.15, -0.1) is 0 Å². The average molecular weight is 484 g/mol. The lowest BCUT2D eigenvalue weighted by Gasteiger charge is -2.32. The fraction of sp³-hybridized carbons (Fsp3) is 0.414. The van der Waals surface area contributed by atoms with E-state index in [0.29, 0.717) is 18.8 Å². The first-order valence-corrected chi connectivity index (χ1v) is 12.4. The van der Waals surface area contributed by atoms with E-state index in [1.165, 1.54) is 24.3 Å². The van der Waals surface area contributed by atoms with Crippen molar-refractivity contribution in [2.75, 3.05) is 0 Å². The van der Waals surface area contributed by atoms with Gasteiger partial charge in [-0.25, -0.2) is 4.39 Å². The van der Waals surface area contributed by atoms with Crippen molar-refractivity contribution in [3.8, 4) is 11.1 Å². The van der Waals surface area contributed by atoms with Crippen LogP contribution in [0.4, 0.5) is 17.6 Å². The van der Waals surface area contributed by atoms with Crippen LogP contribution in [0.3, 0.4) is 0 Å². The van der Waals surface area contributed by atoms with E-state index in [1.54, 1.807) is 12.1 Å². The molecule has 2 aliphatic rings. The minimum absolute atomic E-state index is 0.276. The zero-order chi connectivity index (χ0) is 24.7. The number of aliphatic hydroxyl groups excluding tert-OH is 1. The van der Waals surface area contributed by atoms with Crippen LogP contribution in [0.15, 0.2) is 48.5 Å². The highest BCUT2D eigenvalue weighted by molar-refractivity contribution is 5.74. The molecule has 0 saturated heterocycles. The molecule has 1 heterocycles. The molecule has 2 atom stereocenters. The molecule has 0 amide bonds. The third-order valence-corrected chi connectivity index (χ3v) is 7.48. The van der Waals surface area contributed by atoms with Gasteiger partial charge in [-0.1, -0.05) is 44.0 Å². The van der Waals surface area contributed by atoms with Crippen molar-refractivity contribution < 1.29 is 22.7 Å². The molecule has 2 aliphatic carbocycles. The second-order valence-electron chi connectivity index (χ2n) is 10.1. The molecule has 3 aromatic rings. The normalized spacial score (nSPS) is 20.7. The zero-order valence-corrected chi connectivity index (χ0v) is 19.7. The standard InChI is InChI=1S/C29H29F4NO/c1-17-14-24-27(25(35)15-17)26(19-8-12-22(30)13-9-19)23(28(34-24)20-4-2-3-5-20)16-18-6-10-21(11-7-18)29(31,32)33/h6-13,17,20,25,35H,2-5,14-16H2,1H3. The van der Waals surface area contributed by atoms with Gasteiger partial charge in [0, 0.05) is 22.9 Å². The van der Waals surface area contributed by atoms with Crippen LogP contribution >= 0.6 is 0 Å². The number of fused-ring (bicyclic) bond motifs is 1. The molecule has 2 nitrogen and oxygen atoms in total. The summed E-state index contributed by atoms with van der Waals surface area (Å²) in [5, 5.41) is 11.2. The van der Waals surface area contributed by atoms with Crippen molar-refractivity contribution in [1.82, 2.24) is 4.98 Å². The Labute approximate surface area is 203 Å². The molecule has 0 aliphatic heterocycles. The van der Waals surface area contributed by atoms with Crippen molar-refractivity contribution in [1.29, 1.82) is 0 Å². The highest BCUT2D eigenvalue weighted by atomic mass is 19.4. The van der Waals surface area contributed by atoms with Gasteiger partial charge >= 0.3 is 6.18 Å². The summed E-state index contributed by atoms with van der Waals surface area (Å²) in [6.07, 6.45) is 0.985. The molecule has 5 rings (SSSR count). The number of nitrogens with zero attached hydrogens (tertiary/aromatic N) is 1. The first kappa shape index (κ1) is 24.0. The number of rotatable bonds is 4. The van der Waals surface area contributed by atoms with Crippen LogP contribution in [-0.4, -0.2) is 10.1 Å². The largest absolute Gasteiger partial charge is 0.416 e. The highest BCUT2D eigenvalue weighted by Crippen LogP contribution is 2.46. The van der Waals surface area contributed by atoms with Crippen molar-refractivity contribution in [2.24, 2.45) is 5.92 Å². The van der Waals surface area contributed by atoms with Crippen LogP contribution < -0.4 is 0 Å². The first-order valence-electron chi connectivity index (χ1n) is 12.4. The van der Waals surface area contributed by atoms with Gasteiger partial charge in [-0.3, -0.25) is 4.98 Å². The van der Waals surface area contributed by atoms with Gasteiger partial charge in [0.25, 0.3) is 0 Å². The van der Waals surface area contributed by atoms with E-state index in [-0.39, 0.29) is 11.7 Å². The predicted molar refractivity (Wildman–Crippen MR) is 128 cm³/mol. The van der Waals surface area contributed by atoms with Crippen LogP contribution in [-0.2, 0) is 19.0 Å². The molecule has 1 saturated carbocycles. The average Bonchev–Trinajstić information content (AvgIpc) is 3.34. The molecule has 1 N–H and O–H groups in total. The molecular weight excluding hydrogens is 454 g/mol. The van der Waals surface area contributed by atoms with Gasteiger partial charge < -0.3 is 5.11 Å². The SMILES string of the molecule is CC1Cc2nc(C3CCCC3)c(Cc3ccc(C(F)(F)F)cc3)c(-c3ccc(F)cc3)c2C(O)C1. The predicted octanol–water partition coefficient (Wildman–Crippen LogP) is 7.77. The number of benzene rings is 2. The van der Waals surface area contributed by atoms with Gasteiger partial charge in [-0.2, -0.15) is 13.2 Å². The van der Waals surface area contributed by atoms with Gasteiger partial charge in [0.2, 0.25) is 0 Å². The Kier molecular flexibility index (Phi) is 6.43. The van der Waals surface area contributed by atoms with Crippen molar-refractivity contribution >= 4 is 0 Å². The zero-order valence-electron chi connectivity index (χ0n) is 19.7. The van der Waals surface area contributed by atoms with E-state index in [9.17, 15) is 22.7 Å². The van der Waals surface area contributed by atoms with Crippen LogP contribution in [0.25, 0.3) is 11.1 Å². The topological polar surface area (TPSA) is 33.1 Å². The monoisotopic (exact) mass is 483 g/mol. The maximum atomic E-state index is 13.8. The Morgan fingerprint density at radius 3 is 2.26 bits per heavy atom. The summed E-state index contributed by atoms with van der Waals surface area (Å²) in [4.78, 5) is 5.14. The van der Waals surface area contributed by atoms with Crippen LogP contribution in [0.1, 0.15) is 84.7 Å². The third-order valence-electron chi connectivity index (χ3n) is 7.48. The summed E-state index contributed by atoms with van der Waals surface area (Å²) in [5.74, 6) is 0.229. The molecule has 0 spiro atoms. The number of pyridine rings is 1. The van der Waals surface area contributed by atoms with Crippen LogP contribution in [0.2, 0.25) is 0 Å². The van der Waals surface area contributed by atoms with E-state index in [4.69, 9.17) is 4.98 Å². The van der Waals surface area contributed by atoms with E-state index in [1.807, 2.05) is 0 Å². The van der Waals surface area contributed by atoms with Gasteiger partial charge in [0.1, 0.15) is 5.82 Å². The number of aliphatic hydroxyl groups is 1. The maximum Gasteiger partial charge on any atom is 0.416 e.